The highest BCUT2D eigenvalue weighted by Gasteiger charge is 2.13. The molecule has 1 atom stereocenters. The van der Waals surface area contributed by atoms with Crippen molar-refractivity contribution in [3.8, 4) is 0 Å². The van der Waals surface area contributed by atoms with Crippen LogP contribution in [0.2, 0.25) is 0 Å². The lowest BCUT2D eigenvalue weighted by Gasteiger charge is -2.29. The molecule has 0 fully saturated rings. The first kappa shape index (κ1) is 15.5. The predicted molar refractivity (Wildman–Crippen MR) is 87.2 cm³/mol. The van der Waals surface area contributed by atoms with Gasteiger partial charge in [0.25, 0.3) is 0 Å². The van der Waals surface area contributed by atoms with Crippen molar-refractivity contribution in [1.82, 2.24) is 4.98 Å². The fourth-order valence-corrected chi connectivity index (χ4v) is 2.33. The van der Waals surface area contributed by atoms with Gasteiger partial charge in [-0.2, -0.15) is 0 Å². The fraction of sp³-hybridized carbons (Fsp3) is 0.389. The second kappa shape index (κ2) is 7.23. The third-order valence-electron chi connectivity index (χ3n) is 3.65. The van der Waals surface area contributed by atoms with Crippen LogP contribution in [0.15, 0.2) is 48.7 Å². The van der Waals surface area contributed by atoms with E-state index < -0.39 is 6.10 Å². The quantitative estimate of drug-likeness (QED) is 0.873. The third-order valence-corrected chi connectivity index (χ3v) is 3.65. The molecule has 0 aliphatic heterocycles. The molecule has 0 saturated carbocycles. The standard InChI is InChI=1S/C18H24N2O/c1-4-18(21)17-11-10-16(12-19-17)20(14(2)3)13-15-8-6-5-7-9-15/h5-12,14,18,21H,4,13H2,1-3H3/t18-/m0/s1. The van der Waals surface area contributed by atoms with Gasteiger partial charge in [0, 0.05) is 12.6 Å². The van der Waals surface area contributed by atoms with Gasteiger partial charge in [-0.3, -0.25) is 4.98 Å². The summed E-state index contributed by atoms with van der Waals surface area (Å²) in [5.41, 5.74) is 3.11. The van der Waals surface area contributed by atoms with E-state index in [0.717, 1.165) is 17.9 Å². The number of pyridine rings is 1. The summed E-state index contributed by atoms with van der Waals surface area (Å²) in [6.07, 6.45) is 2.07. The van der Waals surface area contributed by atoms with Gasteiger partial charge in [0.1, 0.15) is 0 Å². The van der Waals surface area contributed by atoms with Crippen molar-refractivity contribution >= 4 is 5.69 Å². The van der Waals surface area contributed by atoms with Crippen molar-refractivity contribution < 1.29 is 5.11 Å². The van der Waals surface area contributed by atoms with Crippen molar-refractivity contribution in [3.63, 3.8) is 0 Å². The Labute approximate surface area is 127 Å². The largest absolute Gasteiger partial charge is 0.387 e. The van der Waals surface area contributed by atoms with Crippen molar-refractivity contribution in [2.45, 2.75) is 45.9 Å². The number of aliphatic hydroxyl groups excluding tert-OH is 1. The SMILES string of the molecule is CC[C@H](O)c1ccc(N(Cc2ccccc2)C(C)C)cn1. The molecule has 0 saturated heterocycles. The Bertz CT molecular complexity index is 537. The second-order valence-corrected chi connectivity index (χ2v) is 5.57. The van der Waals surface area contributed by atoms with Crippen LogP contribution < -0.4 is 4.90 Å². The van der Waals surface area contributed by atoms with Gasteiger partial charge in [-0.1, -0.05) is 37.3 Å². The highest BCUT2D eigenvalue weighted by Crippen LogP contribution is 2.22. The number of anilines is 1. The molecule has 0 aliphatic carbocycles. The summed E-state index contributed by atoms with van der Waals surface area (Å²) in [4.78, 5) is 6.71. The zero-order valence-electron chi connectivity index (χ0n) is 13.0. The lowest BCUT2D eigenvalue weighted by atomic mass is 10.1. The molecular weight excluding hydrogens is 260 g/mol. The van der Waals surface area contributed by atoms with Crippen LogP contribution in [0.5, 0.6) is 0 Å². The van der Waals surface area contributed by atoms with Crippen molar-refractivity contribution in [3.05, 3.63) is 59.9 Å². The summed E-state index contributed by atoms with van der Waals surface area (Å²) in [5, 5.41) is 9.83. The van der Waals surface area contributed by atoms with E-state index in [4.69, 9.17) is 0 Å². The Kier molecular flexibility index (Phi) is 5.34. The van der Waals surface area contributed by atoms with Gasteiger partial charge >= 0.3 is 0 Å². The maximum Gasteiger partial charge on any atom is 0.0957 e. The molecule has 3 nitrogen and oxygen atoms in total. The molecule has 0 bridgehead atoms. The molecule has 0 amide bonds. The van der Waals surface area contributed by atoms with Gasteiger partial charge in [-0.05, 0) is 38.0 Å². The molecule has 0 radical (unpaired) electrons. The van der Waals surface area contributed by atoms with Crippen LogP contribution >= 0.6 is 0 Å². The highest BCUT2D eigenvalue weighted by molar-refractivity contribution is 5.46. The van der Waals surface area contributed by atoms with Crippen LogP contribution in [0.1, 0.15) is 44.6 Å². The average molecular weight is 284 g/mol. The van der Waals surface area contributed by atoms with Gasteiger partial charge in [-0.25, -0.2) is 0 Å². The molecule has 1 N–H and O–H groups in total. The lowest BCUT2D eigenvalue weighted by Crippen LogP contribution is -2.30. The van der Waals surface area contributed by atoms with E-state index in [9.17, 15) is 5.11 Å². The molecule has 1 heterocycles. The Hall–Kier alpha value is -1.87. The van der Waals surface area contributed by atoms with Crippen molar-refractivity contribution in [2.75, 3.05) is 4.90 Å². The van der Waals surface area contributed by atoms with E-state index in [1.807, 2.05) is 31.3 Å². The molecular formula is C18H24N2O. The average Bonchev–Trinajstić information content (AvgIpc) is 2.53. The molecule has 0 unspecified atom stereocenters. The second-order valence-electron chi connectivity index (χ2n) is 5.57. The van der Waals surface area contributed by atoms with E-state index in [1.165, 1.54) is 5.56 Å². The summed E-state index contributed by atoms with van der Waals surface area (Å²) in [6.45, 7) is 7.17. The van der Waals surface area contributed by atoms with Crippen molar-refractivity contribution in [2.24, 2.45) is 0 Å². The number of nitrogens with zero attached hydrogens (tertiary/aromatic N) is 2. The first-order valence-corrected chi connectivity index (χ1v) is 7.56. The molecule has 0 spiro atoms. The van der Waals surface area contributed by atoms with Crippen LogP contribution in [-0.4, -0.2) is 16.1 Å². The van der Waals surface area contributed by atoms with Crippen LogP contribution in [0.3, 0.4) is 0 Å². The molecule has 2 rings (SSSR count). The zero-order valence-corrected chi connectivity index (χ0v) is 13.0. The number of rotatable bonds is 6. The van der Waals surface area contributed by atoms with Gasteiger partial charge in [0.2, 0.25) is 0 Å². The van der Waals surface area contributed by atoms with Crippen LogP contribution in [0, 0.1) is 0 Å². The molecule has 0 aliphatic rings. The Morgan fingerprint density at radius 3 is 2.33 bits per heavy atom. The van der Waals surface area contributed by atoms with E-state index in [2.05, 4.69) is 48.0 Å². The summed E-state index contributed by atoms with van der Waals surface area (Å²) in [6, 6.07) is 14.8. The van der Waals surface area contributed by atoms with Crippen molar-refractivity contribution in [1.29, 1.82) is 0 Å². The Morgan fingerprint density at radius 1 is 1.10 bits per heavy atom. The first-order chi connectivity index (χ1) is 10.1. The summed E-state index contributed by atoms with van der Waals surface area (Å²) in [7, 11) is 0. The fourth-order valence-electron chi connectivity index (χ4n) is 2.33. The number of aliphatic hydroxyl groups is 1. The highest BCUT2D eigenvalue weighted by atomic mass is 16.3. The smallest absolute Gasteiger partial charge is 0.0957 e. The molecule has 21 heavy (non-hydrogen) atoms. The minimum Gasteiger partial charge on any atom is -0.387 e. The third kappa shape index (κ3) is 4.05. The van der Waals surface area contributed by atoms with Crippen LogP contribution in [0.4, 0.5) is 5.69 Å². The summed E-state index contributed by atoms with van der Waals surface area (Å²) < 4.78 is 0. The van der Waals surface area contributed by atoms with Crippen LogP contribution in [0.25, 0.3) is 0 Å². The van der Waals surface area contributed by atoms with Gasteiger partial charge in [-0.15, -0.1) is 0 Å². The number of aromatic nitrogens is 1. The number of benzene rings is 1. The van der Waals surface area contributed by atoms with E-state index in [0.29, 0.717) is 12.5 Å². The summed E-state index contributed by atoms with van der Waals surface area (Å²) >= 11 is 0. The summed E-state index contributed by atoms with van der Waals surface area (Å²) in [5.74, 6) is 0. The molecule has 2 aromatic rings. The van der Waals surface area contributed by atoms with E-state index in [1.54, 1.807) is 0 Å². The predicted octanol–water partition coefficient (Wildman–Crippen LogP) is 3.94. The maximum absolute atomic E-state index is 9.83. The number of hydrogen-bond acceptors (Lipinski definition) is 3. The van der Waals surface area contributed by atoms with Gasteiger partial charge in [0.05, 0.1) is 23.7 Å². The van der Waals surface area contributed by atoms with Crippen LogP contribution in [-0.2, 0) is 6.54 Å². The topological polar surface area (TPSA) is 36.4 Å². The Morgan fingerprint density at radius 2 is 1.81 bits per heavy atom. The monoisotopic (exact) mass is 284 g/mol. The van der Waals surface area contributed by atoms with E-state index >= 15 is 0 Å². The Balaban J connectivity index is 2.18. The lowest BCUT2D eigenvalue weighted by molar-refractivity contribution is 0.169. The van der Waals surface area contributed by atoms with E-state index in [-0.39, 0.29) is 0 Å². The number of hydrogen-bond donors (Lipinski definition) is 1. The first-order valence-electron chi connectivity index (χ1n) is 7.56. The molecule has 1 aromatic heterocycles. The molecule has 3 heteroatoms. The maximum atomic E-state index is 9.83. The molecule has 112 valence electrons. The van der Waals surface area contributed by atoms with Gasteiger partial charge in [0.15, 0.2) is 0 Å². The zero-order chi connectivity index (χ0) is 15.2. The molecule has 1 aromatic carbocycles. The normalized spacial score (nSPS) is 12.4. The van der Waals surface area contributed by atoms with Gasteiger partial charge < -0.3 is 10.0 Å². The minimum absolute atomic E-state index is 0.383. The minimum atomic E-state index is -0.472.